The number of rotatable bonds is 9. The number of hydrogen-bond acceptors (Lipinski definition) is 8. The third-order valence-electron chi connectivity index (χ3n) is 5.50. The largest absolute Gasteiger partial charge is 0.468 e. The van der Waals surface area contributed by atoms with E-state index in [-0.39, 0.29) is 12.5 Å². The molecule has 1 aromatic carbocycles. The Labute approximate surface area is 196 Å². The van der Waals surface area contributed by atoms with Crippen molar-refractivity contribution in [3.05, 3.63) is 47.8 Å². The van der Waals surface area contributed by atoms with Crippen LogP contribution in [0.3, 0.4) is 0 Å². The van der Waals surface area contributed by atoms with Crippen molar-refractivity contribution < 1.29 is 14.3 Å². The number of para-hydroxylation sites is 2. The second kappa shape index (κ2) is 11.2. The van der Waals surface area contributed by atoms with Gasteiger partial charge in [-0.3, -0.25) is 14.7 Å². The Hall–Kier alpha value is -2.07. The topological polar surface area (TPSA) is 69.5 Å². The minimum Gasteiger partial charge on any atom is -0.468 e. The van der Waals surface area contributed by atoms with Gasteiger partial charge < -0.3 is 14.0 Å². The number of imidazole rings is 1. The fourth-order valence-electron chi connectivity index (χ4n) is 3.61. The van der Waals surface area contributed by atoms with Gasteiger partial charge in [-0.1, -0.05) is 23.9 Å². The molecule has 0 N–H and O–H groups in total. The molecule has 170 valence electrons. The molecule has 4 rings (SSSR count). The number of methoxy groups -OCH3 is 1. The van der Waals surface area contributed by atoms with E-state index in [0.29, 0.717) is 5.75 Å². The monoisotopic (exact) mass is 472 g/mol. The number of pyridine rings is 1. The SMILES string of the molecule is COC(=O)Cn1c(SCc2nccc(SCCN3CCOCC3)c2C)nc2ccccc21. The van der Waals surface area contributed by atoms with E-state index in [1.54, 1.807) is 11.8 Å². The molecule has 0 bridgehead atoms. The summed E-state index contributed by atoms with van der Waals surface area (Å²) in [6.45, 7) is 7.05. The molecule has 0 radical (unpaired) electrons. The van der Waals surface area contributed by atoms with E-state index in [9.17, 15) is 4.79 Å². The number of thioether (sulfide) groups is 2. The maximum atomic E-state index is 12.0. The molecule has 0 unspecified atom stereocenters. The van der Waals surface area contributed by atoms with E-state index >= 15 is 0 Å². The quantitative estimate of drug-likeness (QED) is 0.345. The Morgan fingerprint density at radius 3 is 2.81 bits per heavy atom. The Balaban J connectivity index is 1.43. The third kappa shape index (κ3) is 5.64. The van der Waals surface area contributed by atoms with Crippen molar-refractivity contribution in [2.45, 2.75) is 29.3 Å². The summed E-state index contributed by atoms with van der Waals surface area (Å²) in [5, 5.41) is 0.795. The Morgan fingerprint density at radius 2 is 2.00 bits per heavy atom. The highest BCUT2D eigenvalue weighted by molar-refractivity contribution is 7.99. The van der Waals surface area contributed by atoms with Crippen molar-refractivity contribution in [3.63, 3.8) is 0 Å². The number of carbonyl (C=O) groups is 1. The van der Waals surface area contributed by atoms with Crippen molar-refractivity contribution >= 4 is 40.5 Å². The lowest BCUT2D eigenvalue weighted by molar-refractivity contribution is -0.141. The fraction of sp³-hybridized carbons (Fsp3) is 0.435. The molecule has 0 spiro atoms. The molecule has 1 fully saturated rings. The zero-order valence-corrected chi connectivity index (χ0v) is 20.1. The normalized spacial score (nSPS) is 14.7. The average molecular weight is 473 g/mol. The molecule has 0 aliphatic carbocycles. The van der Waals surface area contributed by atoms with Gasteiger partial charge in [0.25, 0.3) is 0 Å². The summed E-state index contributed by atoms with van der Waals surface area (Å²) in [5.41, 5.74) is 4.05. The first kappa shape index (κ1) is 23.1. The molecule has 9 heteroatoms. The lowest BCUT2D eigenvalue weighted by atomic mass is 10.2. The summed E-state index contributed by atoms with van der Waals surface area (Å²) in [5.74, 6) is 1.45. The van der Waals surface area contributed by atoms with Crippen LogP contribution in [0.15, 0.2) is 46.6 Å². The van der Waals surface area contributed by atoms with Gasteiger partial charge in [0.2, 0.25) is 0 Å². The summed E-state index contributed by atoms with van der Waals surface area (Å²) >= 11 is 3.48. The lowest BCUT2D eigenvalue weighted by Gasteiger charge is -2.26. The number of carbonyl (C=O) groups excluding carboxylic acids is 1. The van der Waals surface area contributed by atoms with Gasteiger partial charge in [0, 0.05) is 42.2 Å². The third-order valence-corrected chi connectivity index (χ3v) is 7.63. The van der Waals surface area contributed by atoms with Crippen LogP contribution >= 0.6 is 23.5 Å². The lowest BCUT2D eigenvalue weighted by Crippen LogP contribution is -2.37. The number of esters is 1. The average Bonchev–Trinajstić information content (AvgIpc) is 3.17. The first-order valence-electron chi connectivity index (χ1n) is 10.7. The van der Waals surface area contributed by atoms with Gasteiger partial charge in [0.05, 0.1) is 37.1 Å². The highest BCUT2D eigenvalue weighted by Crippen LogP contribution is 2.30. The van der Waals surface area contributed by atoms with E-state index in [2.05, 4.69) is 22.9 Å². The molecule has 0 atom stereocenters. The summed E-state index contributed by atoms with van der Waals surface area (Å²) in [7, 11) is 1.41. The van der Waals surface area contributed by atoms with E-state index in [1.165, 1.54) is 17.6 Å². The van der Waals surface area contributed by atoms with Crippen molar-refractivity contribution in [2.75, 3.05) is 45.7 Å². The molecule has 0 saturated carbocycles. The summed E-state index contributed by atoms with van der Waals surface area (Å²) in [6.07, 6.45) is 1.89. The van der Waals surface area contributed by atoms with Gasteiger partial charge in [-0.05, 0) is 30.7 Å². The van der Waals surface area contributed by atoms with E-state index in [1.807, 2.05) is 46.8 Å². The molecular weight excluding hydrogens is 444 g/mol. The number of aromatic nitrogens is 3. The number of fused-ring (bicyclic) bond motifs is 1. The number of nitrogens with zero attached hydrogens (tertiary/aromatic N) is 4. The van der Waals surface area contributed by atoms with E-state index in [0.717, 1.165) is 60.5 Å². The molecule has 3 aromatic rings. The van der Waals surface area contributed by atoms with Crippen molar-refractivity contribution in [1.82, 2.24) is 19.4 Å². The second-order valence-corrected chi connectivity index (χ2v) is 9.60. The Morgan fingerprint density at radius 1 is 1.19 bits per heavy atom. The number of morpholine rings is 1. The van der Waals surface area contributed by atoms with Gasteiger partial charge in [-0.25, -0.2) is 4.98 Å². The molecule has 1 aliphatic rings. The van der Waals surface area contributed by atoms with Crippen LogP contribution in [0.4, 0.5) is 0 Å². The van der Waals surface area contributed by atoms with Gasteiger partial charge >= 0.3 is 5.97 Å². The van der Waals surface area contributed by atoms with Gasteiger partial charge in [-0.2, -0.15) is 0 Å². The predicted octanol–water partition coefficient (Wildman–Crippen LogP) is 3.63. The minimum atomic E-state index is -0.289. The van der Waals surface area contributed by atoms with Crippen LogP contribution in [0, 0.1) is 6.92 Å². The fourth-order valence-corrected chi connectivity index (χ4v) is 5.71. The zero-order chi connectivity index (χ0) is 22.3. The second-order valence-electron chi connectivity index (χ2n) is 7.52. The first-order chi connectivity index (χ1) is 15.7. The Kier molecular flexibility index (Phi) is 8.07. The molecule has 2 aromatic heterocycles. The highest BCUT2D eigenvalue weighted by Gasteiger charge is 2.16. The van der Waals surface area contributed by atoms with Gasteiger partial charge in [0.1, 0.15) is 6.54 Å². The van der Waals surface area contributed by atoms with Crippen molar-refractivity contribution in [2.24, 2.45) is 0 Å². The number of benzene rings is 1. The zero-order valence-electron chi connectivity index (χ0n) is 18.5. The molecule has 0 amide bonds. The molecule has 3 heterocycles. The van der Waals surface area contributed by atoms with Crippen LogP contribution in [0.25, 0.3) is 11.0 Å². The van der Waals surface area contributed by atoms with Crippen LogP contribution in [-0.2, 0) is 26.6 Å². The van der Waals surface area contributed by atoms with Crippen molar-refractivity contribution in [1.29, 1.82) is 0 Å². The molecule has 1 saturated heterocycles. The summed E-state index contributed by atoms with van der Waals surface area (Å²) < 4.78 is 12.2. The van der Waals surface area contributed by atoms with Crippen LogP contribution in [0.1, 0.15) is 11.3 Å². The van der Waals surface area contributed by atoms with Crippen molar-refractivity contribution in [3.8, 4) is 0 Å². The van der Waals surface area contributed by atoms with Crippen LogP contribution < -0.4 is 0 Å². The smallest absolute Gasteiger partial charge is 0.325 e. The van der Waals surface area contributed by atoms with E-state index < -0.39 is 0 Å². The molecule has 7 nitrogen and oxygen atoms in total. The van der Waals surface area contributed by atoms with Gasteiger partial charge in [0.15, 0.2) is 5.16 Å². The van der Waals surface area contributed by atoms with Gasteiger partial charge in [-0.15, -0.1) is 11.8 Å². The maximum absolute atomic E-state index is 12.0. The van der Waals surface area contributed by atoms with Crippen LogP contribution in [0.5, 0.6) is 0 Å². The number of ether oxygens (including phenoxy) is 2. The summed E-state index contributed by atoms with van der Waals surface area (Å²) in [4.78, 5) is 25.0. The summed E-state index contributed by atoms with van der Waals surface area (Å²) in [6, 6.07) is 9.94. The molecule has 1 aliphatic heterocycles. The predicted molar refractivity (Wildman–Crippen MR) is 128 cm³/mol. The van der Waals surface area contributed by atoms with Crippen LogP contribution in [-0.4, -0.2) is 71.1 Å². The standard InChI is InChI=1S/C23H28N4O3S2/c1-17-19(24-8-7-21(17)31-14-11-26-9-12-30-13-10-26)16-32-23-25-18-5-3-4-6-20(18)27(23)15-22(28)29-2/h3-8H,9-16H2,1-2H3. The maximum Gasteiger partial charge on any atom is 0.325 e. The van der Waals surface area contributed by atoms with Crippen LogP contribution in [0.2, 0.25) is 0 Å². The highest BCUT2D eigenvalue weighted by atomic mass is 32.2. The molecule has 32 heavy (non-hydrogen) atoms. The first-order valence-corrected chi connectivity index (χ1v) is 12.6. The minimum absolute atomic E-state index is 0.142. The Bertz CT molecular complexity index is 1070. The molecular formula is C23H28N4O3S2. The van der Waals surface area contributed by atoms with E-state index in [4.69, 9.17) is 14.5 Å². The number of hydrogen-bond donors (Lipinski definition) is 0.